The number of imidazole rings is 1. The van der Waals surface area contributed by atoms with Crippen LogP contribution in [0.25, 0.3) is 0 Å². The Kier molecular flexibility index (Phi) is 5.29. The minimum absolute atomic E-state index is 0.0802. The molecule has 1 N–H and O–H groups in total. The van der Waals surface area contributed by atoms with Crippen molar-refractivity contribution >= 4 is 15.7 Å². The van der Waals surface area contributed by atoms with Crippen LogP contribution in [0.3, 0.4) is 0 Å². The van der Waals surface area contributed by atoms with E-state index in [9.17, 15) is 13.2 Å². The molecule has 0 bridgehead atoms. The van der Waals surface area contributed by atoms with Crippen LogP contribution in [0.5, 0.6) is 0 Å². The number of hydrogen-bond acceptors (Lipinski definition) is 5. The molecular weight excluding hydrogens is 364 g/mol. The number of nitrogens with zero attached hydrogens (tertiary/aromatic N) is 3. The average Bonchev–Trinajstić information content (AvgIpc) is 3.04. The summed E-state index contributed by atoms with van der Waals surface area (Å²) in [5.41, 5.74) is 1.98. The predicted molar refractivity (Wildman–Crippen MR) is 103 cm³/mol. The fourth-order valence-electron chi connectivity index (χ4n) is 4.99. The third-order valence-electron chi connectivity index (χ3n) is 6.57. The molecule has 1 amide bonds. The normalized spacial score (nSPS) is 29.4. The van der Waals surface area contributed by atoms with Crippen molar-refractivity contribution in [2.45, 2.75) is 64.1 Å². The number of piperazine rings is 1. The Morgan fingerprint density at radius 2 is 1.85 bits per heavy atom. The van der Waals surface area contributed by atoms with Crippen LogP contribution < -0.4 is 0 Å². The van der Waals surface area contributed by atoms with Gasteiger partial charge in [-0.15, -0.1) is 0 Å². The van der Waals surface area contributed by atoms with Gasteiger partial charge in [0.1, 0.15) is 0 Å². The lowest BCUT2D eigenvalue weighted by Crippen LogP contribution is -2.61. The quantitative estimate of drug-likeness (QED) is 0.785. The van der Waals surface area contributed by atoms with Gasteiger partial charge in [-0.2, -0.15) is 0 Å². The minimum Gasteiger partial charge on any atom is -0.348 e. The monoisotopic (exact) mass is 394 g/mol. The molecule has 0 radical (unpaired) electrons. The van der Waals surface area contributed by atoms with Crippen LogP contribution >= 0.6 is 0 Å². The molecule has 0 unspecified atom stereocenters. The molecule has 27 heavy (non-hydrogen) atoms. The van der Waals surface area contributed by atoms with E-state index in [0.29, 0.717) is 19.6 Å². The molecule has 3 aliphatic rings. The molecule has 7 nitrogen and oxygen atoms in total. The number of nitrogens with one attached hydrogen (secondary N) is 1. The maximum atomic E-state index is 13.2. The fraction of sp³-hybridized carbons (Fsp3) is 0.789. The van der Waals surface area contributed by atoms with Crippen LogP contribution in [-0.4, -0.2) is 70.8 Å². The standard InChI is InChI=1S/C19H30N4O3S/c1-14-16(21-13-20-14)10-22-8-9-23(18-12-27(25,26)11-17(18)22)19(24)15-6-4-2-3-5-7-15/h13,15,17-18H,2-12H2,1H3,(H,20,21)/t17-,18+/m0/s1. The molecule has 1 aromatic heterocycles. The number of carbonyl (C=O) groups excluding carboxylic acids is 1. The van der Waals surface area contributed by atoms with Gasteiger partial charge < -0.3 is 9.88 Å². The number of H-pyrrole nitrogens is 1. The molecular formula is C19H30N4O3S. The lowest BCUT2D eigenvalue weighted by Gasteiger charge is -2.44. The van der Waals surface area contributed by atoms with Crippen molar-refractivity contribution in [3.8, 4) is 0 Å². The van der Waals surface area contributed by atoms with E-state index in [1.807, 2.05) is 11.8 Å². The Labute approximate surface area is 161 Å². The second-order valence-electron chi connectivity index (χ2n) is 8.38. The highest BCUT2D eigenvalue weighted by atomic mass is 32.2. The van der Waals surface area contributed by atoms with Gasteiger partial charge >= 0.3 is 0 Å². The highest BCUT2D eigenvalue weighted by Crippen LogP contribution is 2.32. The lowest BCUT2D eigenvalue weighted by atomic mass is 9.95. The summed E-state index contributed by atoms with van der Waals surface area (Å²) >= 11 is 0. The Balaban J connectivity index is 1.53. The summed E-state index contributed by atoms with van der Waals surface area (Å²) in [7, 11) is -3.12. The first-order valence-corrected chi connectivity index (χ1v) is 12.0. The third-order valence-corrected chi connectivity index (χ3v) is 8.26. The van der Waals surface area contributed by atoms with Gasteiger partial charge in [-0.25, -0.2) is 13.4 Å². The van der Waals surface area contributed by atoms with Crippen LogP contribution in [0.1, 0.15) is 49.9 Å². The average molecular weight is 395 g/mol. The molecule has 0 aromatic carbocycles. The first-order chi connectivity index (χ1) is 12.9. The van der Waals surface area contributed by atoms with Crippen molar-refractivity contribution in [1.82, 2.24) is 19.8 Å². The zero-order valence-electron chi connectivity index (χ0n) is 16.1. The Bertz CT molecular complexity index is 783. The molecule has 2 saturated heterocycles. The van der Waals surface area contributed by atoms with E-state index in [1.54, 1.807) is 6.33 Å². The Hall–Kier alpha value is -1.41. The zero-order valence-corrected chi connectivity index (χ0v) is 16.9. The van der Waals surface area contributed by atoms with E-state index in [2.05, 4.69) is 14.9 Å². The fourth-order valence-corrected chi connectivity index (χ4v) is 7.01. The number of aromatic nitrogens is 2. The SMILES string of the molecule is Cc1[nH]cnc1CN1CCN(C(=O)C2CCCCCC2)[C@@H]2CS(=O)(=O)C[C@@H]21. The summed E-state index contributed by atoms with van der Waals surface area (Å²) in [5, 5.41) is 0. The molecule has 4 rings (SSSR count). The molecule has 1 aromatic rings. The summed E-state index contributed by atoms with van der Waals surface area (Å²) in [6.45, 7) is 3.95. The zero-order chi connectivity index (χ0) is 19.0. The van der Waals surface area contributed by atoms with Gasteiger partial charge in [0.05, 0.1) is 29.6 Å². The van der Waals surface area contributed by atoms with E-state index in [-0.39, 0.29) is 35.4 Å². The van der Waals surface area contributed by atoms with E-state index < -0.39 is 9.84 Å². The number of aryl methyl sites for hydroxylation is 1. The minimum atomic E-state index is -3.12. The van der Waals surface area contributed by atoms with Gasteiger partial charge in [-0.1, -0.05) is 25.7 Å². The van der Waals surface area contributed by atoms with E-state index in [0.717, 1.165) is 37.1 Å². The van der Waals surface area contributed by atoms with Crippen molar-refractivity contribution in [3.63, 3.8) is 0 Å². The number of hydrogen-bond donors (Lipinski definition) is 1. The number of aromatic amines is 1. The van der Waals surface area contributed by atoms with Gasteiger partial charge in [0.15, 0.2) is 9.84 Å². The van der Waals surface area contributed by atoms with Crippen LogP contribution in [0.2, 0.25) is 0 Å². The van der Waals surface area contributed by atoms with E-state index >= 15 is 0 Å². The molecule has 0 spiro atoms. The van der Waals surface area contributed by atoms with Crippen molar-refractivity contribution in [1.29, 1.82) is 0 Å². The van der Waals surface area contributed by atoms with Crippen molar-refractivity contribution in [2.24, 2.45) is 5.92 Å². The predicted octanol–water partition coefficient (Wildman–Crippen LogP) is 1.50. The molecule has 8 heteroatoms. The molecule has 2 atom stereocenters. The highest BCUT2D eigenvalue weighted by molar-refractivity contribution is 7.91. The summed E-state index contributed by atoms with van der Waals surface area (Å²) in [6, 6.07) is -0.326. The maximum Gasteiger partial charge on any atom is 0.226 e. The van der Waals surface area contributed by atoms with Gasteiger partial charge in [-0.3, -0.25) is 9.69 Å². The first-order valence-electron chi connectivity index (χ1n) is 10.2. The molecule has 150 valence electrons. The smallest absolute Gasteiger partial charge is 0.226 e. The Morgan fingerprint density at radius 3 is 2.52 bits per heavy atom. The summed E-state index contributed by atoms with van der Waals surface area (Å²) < 4.78 is 24.8. The largest absolute Gasteiger partial charge is 0.348 e. The van der Waals surface area contributed by atoms with Gasteiger partial charge in [0, 0.05) is 37.3 Å². The molecule has 3 heterocycles. The highest BCUT2D eigenvalue weighted by Gasteiger charge is 2.48. The number of carbonyl (C=O) groups is 1. The van der Waals surface area contributed by atoms with E-state index in [1.165, 1.54) is 12.8 Å². The van der Waals surface area contributed by atoms with Crippen molar-refractivity contribution in [2.75, 3.05) is 24.6 Å². The summed E-state index contributed by atoms with van der Waals surface area (Å²) in [5.74, 6) is 0.526. The number of rotatable bonds is 3. The first kappa shape index (κ1) is 18.9. The second-order valence-corrected chi connectivity index (χ2v) is 10.5. The van der Waals surface area contributed by atoms with Gasteiger partial charge in [-0.05, 0) is 19.8 Å². The lowest BCUT2D eigenvalue weighted by molar-refractivity contribution is -0.142. The van der Waals surface area contributed by atoms with Crippen LogP contribution in [0.15, 0.2) is 6.33 Å². The molecule has 2 aliphatic heterocycles. The van der Waals surface area contributed by atoms with Gasteiger partial charge in [0.25, 0.3) is 0 Å². The topological polar surface area (TPSA) is 86.4 Å². The van der Waals surface area contributed by atoms with Gasteiger partial charge in [0.2, 0.25) is 5.91 Å². The Morgan fingerprint density at radius 1 is 1.15 bits per heavy atom. The number of fused-ring (bicyclic) bond motifs is 1. The maximum absolute atomic E-state index is 13.2. The molecule has 1 aliphatic carbocycles. The molecule has 1 saturated carbocycles. The van der Waals surface area contributed by atoms with Crippen molar-refractivity contribution in [3.05, 3.63) is 17.7 Å². The van der Waals surface area contributed by atoms with Crippen LogP contribution in [0.4, 0.5) is 0 Å². The molecule has 3 fully saturated rings. The second kappa shape index (κ2) is 7.54. The van der Waals surface area contributed by atoms with E-state index in [4.69, 9.17) is 0 Å². The number of amides is 1. The summed E-state index contributed by atoms with van der Waals surface area (Å²) in [6.07, 6.45) is 8.23. The van der Waals surface area contributed by atoms with Crippen LogP contribution in [-0.2, 0) is 21.2 Å². The summed E-state index contributed by atoms with van der Waals surface area (Å²) in [4.78, 5) is 24.8. The van der Waals surface area contributed by atoms with Crippen LogP contribution in [0, 0.1) is 12.8 Å². The number of sulfone groups is 1. The van der Waals surface area contributed by atoms with Crippen molar-refractivity contribution < 1.29 is 13.2 Å². The third kappa shape index (κ3) is 3.92.